The zero-order chi connectivity index (χ0) is 15.3. The predicted molar refractivity (Wildman–Crippen MR) is 77.0 cm³/mol. The molecule has 0 bridgehead atoms. The molecule has 1 atom stereocenters. The molecule has 0 heterocycles. The maximum absolute atomic E-state index is 13.2. The molecule has 1 aromatic carbocycles. The number of rotatable bonds is 6. The van der Waals surface area contributed by atoms with Crippen molar-refractivity contribution in [1.82, 2.24) is 0 Å². The highest BCUT2D eigenvalue weighted by atomic mass is 19.4. The highest BCUT2D eigenvalue weighted by Crippen LogP contribution is 2.37. The van der Waals surface area contributed by atoms with Crippen LogP contribution in [0.25, 0.3) is 0 Å². The summed E-state index contributed by atoms with van der Waals surface area (Å²) in [6.45, 7) is 4.42. The molecule has 0 saturated carbocycles. The van der Waals surface area contributed by atoms with Crippen LogP contribution in [0.4, 0.5) is 18.9 Å². The van der Waals surface area contributed by atoms with E-state index in [1.165, 1.54) is 6.07 Å². The number of nitrogens with zero attached hydrogens (tertiary/aromatic N) is 1. The minimum Gasteiger partial charge on any atom is -0.374 e. The third-order valence-electron chi connectivity index (χ3n) is 3.18. The van der Waals surface area contributed by atoms with Crippen LogP contribution in [0.1, 0.15) is 37.8 Å². The van der Waals surface area contributed by atoms with Crippen molar-refractivity contribution in [2.24, 2.45) is 5.73 Å². The molecule has 5 heteroatoms. The summed E-state index contributed by atoms with van der Waals surface area (Å²) in [5, 5.41) is 0. The predicted octanol–water partition coefficient (Wildman–Crippen LogP) is 3.83. The van der Waals surface area contributed by atoms with Gasteiger partial charge in [0.15, 0.2) is 0 Å². The number of hydrogen-bond donors (Lipinski definition) is 1. The Bertz CT molecular complexity index is 428. The van der Waals surface area contributed by atoms with Gasteiger partial charge in [0, 0.05) is 25.3 Å². The summed E-state index contributed by atoms with van der Waals surface area (Å²) < 4.78 is 39.6. The van der Waals surface area contributed by atoms with Gasteiger partial charge < -0.3 is 10.6 Å². The number of nitrogens with two attached hydrogens (primary N) is 1. The summed E-state index contributed by atoms with van der Waals surface area (Å²) in [6.07, 6.45) is -2.07. The third kappa shape index (κ3) is 4.71. The summed E-state index contributed by atoms with van der Waals surface area (Å²) in [4.78, 5) is 1.67. The van der Waals surface area contributed by atoms with Gasteiger partial charge in [-0.25, -0.2) is 0 Å². The average Bonchev–Trinajstić information content (AvgIpc) is 2.34. The van der Waals surface area contributed by atoms with E-state index in [0.717, 1.165) is 12.8 Å². The third-order valence-corrected chi connectivity index (χ3v) is 3.18. The monoisotopic (exact) mass is 288 g/mol. The second-order valence-corrected chi connectivity index (χ2v) is 5.31. The van der Waals surface area contributed by atoms with Crippen LogP contribution in [0, 0.1) is 0 Å². The van der Waals surface area contributed by atoms with Crippen molar-refractivity contribution in [2.75, 3.05) is 18.5 Å². The molecular formula is C15H23F3N2. The summed E-state index contributed by atoms with van der Waals surface area (Å²) in [6, 6.07) is 4.35. The highest BCUT2D eigenvalue weighted by Gasteiger charge is 2.34. The number of unbranched alkanes of at least 4 members (excludes halogenated alkanes) is 1. The fourth-order valence-corrected chi connectivity index (χ4v) is 2.16. The van der Waals surface area contributed by atoms with E-state index in [-0.39, 0.29) is 11.7 Å². The summed E-state index contributed by atoms with van der Waals surface area (Å²) >= 11 is 0. The van der Waals surface area contributed by atoms with E-state index in [0.29, 0.717) is 18.5 Å². The molecule has 0 spiro atoms. The molecule has 2 N–H and O–H groups in total. The first-order valence-corrected chi connectivity index (χ1v) is 6.92. The number of benzene rings is 1. The van der Waals surface area contributed by atoms with E-state index in [9.17, 15) is 13.2 Å². The van der Waals surface area contributed by atoms with Gasteiger partial charge in [-0.2, -0.15) is 13.2 Å². The zero-order valence-electron chi connectivity index (χ0n) is 12.3. The molecule has 0 fully saturated rings. The van der Waals surface area contributed by atoms with Crippen LogP contribution in [0.15, 0.2) is 18.2 Å². The van der Waals surface area contributed by atoms with Crippen LogP contribution in [0.3, 0.4) is 0 Å². The van der Waals surface area contributed by atoms with Crippen LogP contribution in [0.2, 0.25) is 0 Å². The normalized spacial score (nSPS) is 13.3. The average molecular weight is 288 g/mol. The van der Waals surface area contributed by atoms with Gasteiger partial charge in [-0.15, -0.1) is 0 Å². The Hall–Kier alpha value is -1.23. The number of hydrogen-bond acceptors (Lipinski definition) is 2. The molecule has 0 amide bonds. The summed E-state index contributed by atoms with van der Waals surface area (Å²) in [7, 11) is 1.70. The van der Waals surface area contributed by atoms with E-state index in [4.69, 9.17) is 5.73 Å². The zero-order valence-corrected chi connectivity index (χ0v) is 12.3. The molecule has 1 rings (SSSR count). The van der Waals surface area contributed by atoms with E-state index in [2.05, 4.69) is 0 Å². The molecule has 0 aliphatic rings. The molecule has 114 valence electrons. The first-order valence-electron chi connectivity index (χ1n) is 6.92. The molecular weight excluding hydrogens is 265 g/mol. The molecule has 1 aromatic rings. The molecule has 0 radical (unpaired) electrons. The van der Waals surface area contributed by atoms with Crippen molar-refractivity contribution < 1.29 is 13.2 Å². The molecule has 0 saturated heterocycles. The van der Waals surface area contributed by atoms with Gasteiger partial charge >= 0.3 is 6.18 Å². The maximum atomic E-state index is 13.2. The fraction of sp³-hybridized carbons (Fsp3) is 0.600. The smallest absolute Gasteiger partial charge is 0.374 e. The van der Waals surface area contributed by atoms with Crippen molar-refractivity contribution in [3.8, 4) is 0 Å². The van der Waals surface area contributed by atoms with Crippen molar-refractivity contribution in [3.63, 3.8) is 0 Å². The molecule has 20 heavy (non-hydrogen) atoms. The van der Waals surface area contributed by atoms with Crippen molar-refractivity contribution in [2.45, 2.75) is 45.3 Å². The lowest BCUT2D eigenvalue weighted by molar-refractivity contribution is -0.137. The van der Waals surface area contributed by atoms with Gasteiger partial charge in [0.1, 0.15) is 0 Å². The Morgan fingerprint density at radius 3 is 2.45 bits per heavy atom. The van der Waals surface area contributed by atoms with Crippen LogP contribution in [-0.2, 0) is 12.6 Å². The van der Waals surface area contributed by atoms with Gasteiger partial charge in [-0.05, 0) is 37.5 Å². The molecule has 0 aliphatic carbocycles. The van der Waals surface area contributed by atoms with Crippen molar-refractivity contribution >= 4 is 5.69 Å². The van der Waals surface area contributed by atoms with Gasteiger partial charge in [0.2, 0.25) is 0 Å². The first kappa shape index (κ1) is 16.8. The minimum atomic E-state index is -4.34. The van der Waals surface area contributed by atoms with Gasteiger partial charge in [-0.3, -0.25) is 0 Å². The fourth-order valence-electron chi connectivity index (χ4n) is 2.16. The lowest BCUT2D eigenvalue weighted by Crippen LogP contribution is -2.23. The Balaban J connectivity index is 3.10. The lowest BCUT2D eigenvalue weighted by atomic mass is 10.0. The Labute approximate surface area is 118 Å². The Kier molecular flexibility index (Phi) is 5.87. The first-order chi connectivity index (χ1) is 9.25. The molecule has 1 unspecified atom stereocenters. The second-order valence-electron chi connectivity index (χ2n) is 5.31. The van der Waals surface area contributed by atoms with Gasteiger partial charge in [0.25, 0.3) is 0 Å². The van der Waals surface area contributed by atoms with E-state index < -0.39 is 11.7 Å². The van der Waals surface area contributed by atoms with Crippen LogP contribution in [0.5, 0.6) is 0 Å². The van der Waals surface area contributed by atoms with E-state index in [1.54, 1.807) is 31.0 Å². The second kappa shape index (κ2) is 6.97. The van der Waals surface area contributed by atoms with E-state index >= 15 is 0 Å². The number of halogens is 3. The highest BCUT2D eigenvalue weighted by molar-refractivity contribution is 5.56. The quantitative estimate of drug-likeness (QED) is 0.862. The topological polar surface area (TPSA) is 29.3 Å². The standard InChI is InChI=1S/C15H23F3N2/c1-4-5-8-20(3)14-7-6-12(9-11(2)19)10-13(14)15(16,17)18/h6-7,10-11H,4-5,8-9,19H2,1-3H3. The summed E-state index contributed by atoms with van der Waals surface area (Å²) in [5.41, 5.74) is 5.94. The molecule has 0 aliphatic heterocycles. The lowest BCUT2D eigenvalue weighted by Gasteiger charge is -2.24. The van der Waals surface area contributed by atoms with Crippen LogP contribution in [-0.4, -0.2) is 19.6 Å². The maximum Gasteiger partial charge on any atom is 0.418 e. The van der Waals surface area contributed by atoms with Crippen molar-refractivity contribution in [1.29, 1.82) is 0 Å². The minimum absolute atomic E-state index is 0.153. The molecule has 2 nitrogen and oxygen atoms in total. The Morgan fingerprint density at radius 1 is 1.30 bits per heavy atom. The largest absolute Gasteiger partial charge is 0.418 e. The van der Waals surface area contributed by atoms with Crippen LogP contribution >= 0.6 is 0 Å². The number of anilines is 1. The number of alkyl halides is 3. The Morgan fingerprint density at radius 2 is 1.95 bits per heavy atom. The van der Waals surface area contributed by atoms with E-state index in [1.807, 2.05) is 6.92 Å². The SMILES string of the molecule is CCCCN(C)c1ccc(CC(C)N)cc1C(F)(F)F. The van der Waals surface area contributed by atoms with Gasteiger partial charge in [-0.1, -0.05) is 19.4 Å². The summed E-state index contributed by atoms with van der Waals surface area (Å²) in [5.74, 6) is 0. The van der Waals surface area contributed by atoms with Gasteiger partial charge in [0.05, 0.1) is 5.56 Å². The van der Waals surface area contributed by atoms with Crippen molar-refractivity contribution in [3.05, 3.63) is 29.3 Å². The molecule has 0 aromatic heterocycles. The van der Waals surface area contributed by atoms with Crippen LogP contribution < -0.4 is 10.6 Å².